The molecule has 1 rings (SSSR count). The first-order valence-electron chi connectivity index (χ1n) is 11.9. The largest absolute Gasteiger partial charge is 0.331 e. The summed E-state index contributed by atoms with van der Waals surface area (Å²) < 4.78 is 0. The van der Waals surface area contributed by atoms with Gasteiger partial charge in [0.05, 0.1) is 0 Å². The van der Waals surface area contributed by atoms with E-state index in [0.717, 1.165) is 25.8 Å². The second-order valence-electron chi connectivity index (χ2n) is 10.5. The number of amides is 2. The van der Waals surface area contributed by atoms with Crippen molar-refractivity contribution < 1.29 is 4.79 Å². The van der Waals surface area contributed by atoms with E-state index in [2.05, 4.69) is 44.8 Å². The normalized spacial score (nSPS) is 18.8. The Morgan fingerprint density at radius 3 is 1.68 bits per heavy atom. The van der Waals surface area contributed by atoms with Gasteiger partial charge in [-0.2, -0.15) is 0 Å². The Kier molecular flexibility index (Phi) is 10.9. The summed E-state index contributed by atoms with van der Waals surface area (Å²) >= 11 is 0. The van der Waals surface area contributed by atoms with E-state index in [1.165, 1.54) is 57.8 Å². The summed E-state index contributed by atoms with van der Waals surface area (Å²) in [7, 11) is 3.76. The number of unbranched alkanes of at least 4 members (excludes halogenated alkanes) is 9. The molecule has 0 saturated carbocycles. The van der Waals surface area contributed by atoms with Gasteiger partial charge in [0.1, 0.15) is 0 Å². The lowest BCUT2D eigenvalue weighted by Crippen LogP contribution is -2.63. The van der Waals surface area contributed by atoms with Gasteiger partial charge in [0, 0.05) is 37.8 Å². The van der Waals surface area contributed by atoms with E-state index in [1.807, 2.05) is 14.1 Å². The van der Waals surface area contributed by atoms with Crippen LogP contribution in [0.5, 0.6) is 0 Å². The third-order valence-corrected chi connectivity index (χ3v) is 5.99. The minimum atomic E-state index is 0.0645. The third kappa shape index (κ3) is 9.62. The van der Waals surface area contributed by atoms with Crippen molar-refractivity contribution in [2.75, 3.05) is 20.6 Å². The molecule has 0 unspecified atom stereocenters. The number of rotatable bonds is 12. The van der Waals surface area contributed by atoms with Crippen LogP contribution in [0.15, 0.2) is 0 Å². The fourth-order valence-electron chi connectivity index (χ4n) is 4.95. The first-order valence-corrected chi connectivity index (χ1v) is 11.9. The van der Waals surface area contributed by atoms with Crippen molar-refractivity contribution in [3.63, 3.8) is 0 Å². The Labute approximate surface area is 175 Å². The lowest BCUT2D eigenvalue weighted by atomic mass is 9.79. The number of hydrogen-bond donors (Lipinski definition) is 1. The molecule has 1 N–H and O–H groups in total. The molecule has 0 spiro atoms. The molecular weight excluding hydrogens is 346 g/mol. The SMILES string of the molecule is CCCCCCCCCCCCN(C(=O)N(C)C)C1CC(C)(C)NC(C)(C)C1. The zero-order valence-electron chi connectivity index (χ0n) is 20.1. The predicted molar refractivity (Wildman–Crippen MR) is 122 cm³/mol. The molecule has 2 amide bonds. The van der Waals surface area contributed by atoms with Crippen LogP contribution in [0.2, 0.25) is 0 Å². The molecule has 0 bridgehead atoms. The molecule has 0 aromatic heterocycles. The van der Waals surface area contributed by atoms with Crippen molar-refractivity contribution in [1.82, 2.24) is 15.1 Å². The molecule has 1 aliphatic rings. The zero-order valence-corrected chi connectivity index (χ0v) is 20.1. The monoisotopic (exact) mass is 395 g/mol. The molecule has 166 valence electrons. The van der Waals surface area contributed by atoms with Crippen LogP contribution in [0.25, 0.3) is 0 Å². The van der Waals surface area contributed by atoms with Gasteiger partial charge in [-0.25, -0.2) is 4.79 Å². The summed E-state index contributed by atoms with van der Waals surface area (Å²) in [6, 6.07) is 0.495. The first kappa shape index (κ1) is 25.3. The minimum absolute atomic E-state index is 0.0645. The van der Waals surface area contributed by atoms with Crippen LogP contribution in [-0.2, 0) is 0 Å². The molecule has 0 atom stereocenters. The molecule has 0 aromatic rings. The van der Waals surface area contributed by atoms with Gasteiger partial charge in [0.25, 0.3) is 0 Å². The molecule has 1 heterocycles. The first-order chi connectivity index (χ1) is 13.1. The van der Waals surface area contributed by atoms with E-state index in [1.54, 1.807) is 4.90 Å². The Hall–Kier alpha value is -0.770. The van der Waals surface area contributed by atoms with Crippen LogP contribution in [0, 0.1) is 0 Å². The number of hydrogen-bond acceptors (Lipinski definition) is 2. The number of nitrogens with zero attached hydrogens (tertiary/aromatic N) is 2. The van der Waals surface area contributed by atoms with Crippen LogP contribution in [-0.4, -0.2) is 53.6 Å². The van der Waals surface area contributed by atoms with Gasteiger partial charge < -0.3 is 15.1 Å². The third-order valence-electron chi connectivity index (χ3n) is 5.99. The molecule has 0 radical (unpaired) electrons. The van der Waals surface area contributed by atoms with Crippen molar-refractivity contribution in [1.29, 1.82) is 0 Å². The van der Waals surface area contributed by atoms with Gasteiger partial charge in [0.2, 0.25) is 0 Å². The van der Waals surface area contributed by atoms with Crippen LogP contribution in [0.1, 0.15) is 112 Å². The molecule has 1 saturated heterocycles. The topological polar surface area (TPSA) is 35.6 Å². The van der Waals surface area contributed by atoms with Gasteiger partial charge in [-0.05, 0) is 47.0 Å². The lowest BCUT2D eigenvalue weighted by Gasteiger charge is -2.50. The number of urea groups is 1. The number of nitrogens with one attached hydrogen (secondary N) is 1. The molecular formula is C24H49N3O. The molecule has 28 heavy (non-hydrogen) atoms. The maximum Gasteiger partial charge on any atom is 0.319 e. The Morgan fingerprint density at radius 2 is 1.25 bits per heavy atom. The maximum absolute atomic E-state index is 12.9. The number of carbonyl (C=O) groups is 1. The van der Waals surface area contributed by atoms with E-state index in [4.69, 9.17) is 0 Å². The minimum Gasteiger partial charge on any atom is -0.331 e. The summed E-state index contributed by atoms with van der Waals surface area (Å²) in [4.78, 5) is 16.8. The second-order valence-corrected chi connectivity index (χ2v) is 10.5. The summed E-state index contributed by atoms with van der Waals surface area (Å²) in [5, 5.41) is 3.74. The predicted octanol–water partition coefficient (Wildman–Crippen LogP) is 6.20. The highest BCUT2D eigenvalue weighted by Crippen LogP contribution is 2.32. The molecule has 0 aromatic carbocycles. The van der Waals surface area contributed by atoms with Crippen molar-refractivity contribution in [2.24, 2.45) is 0 Å². The van der Waals surface area contributed by atoms with E-state index in [9.17, 15) is 4.79 Å². The van der Waals surface area contributed by atoms with E-state index in [-0.39, 0.29) is 17.1 Å². The summed E-state index contributed by atoms with van der Waals surface area (Å²) in [6.45, 7) is 12.2. The van der Waals surface area contributed by atoms with Crippen molar-refractivity contribution in [3.8, 4) is 0 Å². The van der Waals surface area contributed by atoms with Gasteiger partial charge in [-0.15, -0.1) is 0 Å². The van der Waals surface area contributed by atoms with Gasteiger partial charge in [-0.1, -0.05) is 64.7 Å². The quantitative estimate of drug-likeness (QED) is 0.399. The molecule has 1 aliphatic heterocycles. The highest BCUT2D eigenvalue weighted by molar-refractivity contribution is 5.74. The fraction of sp³-hybridized carbons (Fsp3) is 0.958. The van der Waals surface area contributed by atoms with Gasteiger partial charge in [0.15, 0.2) is 0 Å². The van der Waals surface area contributed by atoms with Crippen LogP contribution < -0.4 is 5.32 Å². The maximum atomic E-state index is 12.9. The Bertz CT molecular complexity index is 429. The average molecular weight is 396 g/mol. The Morgan fingerprint density at radius 1 is 0.821 bits per heavy atom. The van der Waals surface area contributed by atoms with Crippen molar-refractivity contribution in [2.45, 2.75) is 129 Å². The molecule has 4 heteroatoms. The fourth-order valence-corrected chi connectivity index (χ4v) is 4.95. The van der Waals surface area contributed by atoms with Gasteiger partial charge >= 0.3 is 6.03 Å². The standard InChI is InChI=1S/C24H49N3O/c1-8-9-10-11-12-13-14-15-16-17-18-27(22(28)26(6)7)21-19-23(2,3)25-24(4,5)20-21/h21,25H,8-20H2,1-7H3. The van der Waals surface area contributed by atoms with Gasteiger partial charge in [-0.3, -0.25) is 0 Å². The summed E-state index contributed by atoms with van der Waals surface area (Å²) in [6.07, 6.45) is 15.4. The Balaban J connectivity index is 2.44. The molecule has 4 nitrogen and oxygen atoms in total. The smallest absolute Gasteiger partial charge is 0.319 e. The summed E-state index contributed by atoms with van der Waals surface area (Å²) in [5.41, 5.74) is 0.129. The van der Waals surface area contributed by atoms with Crippen LogP contribution >= 0.6 is 0 Å². The second kappa shape index (κ2) is 12.0. The van der Waals surface area contributed by atoms with Crippen molar-refractivity contribution >= 4 is 6.03 Å². The summed E-state index contributed by atoms with van der Waals surface area (Å²) in [5.74, 6) is 0. The van der Waals surface area contributed by atoms with E-state index in [0.29, 0.717) is 6.04 Å². The van der Waals surface area contributed by atoms with Crippen LogP contribution in [0.3, 0.4) is 0 Å². The number of piperidine rings is 1. The van der Waals surface area contributed by atoms with Crippen LogP contribution in [0.4, 0.5) is 4.79 Å². The van der Waals surface area contributed by atoms with E-state index < -0.39 is 0 Å². The average Bonchev–Trinajstić information content (AvgIpc) is 2.56. The molecule has 0 aliphatic carbocycles. The zero-order chi connectivity index (χ0) is 21.2. The lowest BCUT2D eigenvalue weighted by molar-refractivity contribution is 0.0725. The molecule has 1 fully saturated rings. The van der Waals surface area contributed by atoms with E-state index >= 15 is 0 Å². The van der Waals surface area contributed by atoms with Crippen molar-refractivity contribution in [3.05, 3.63) is 0 Å². The highest BCUT2D eigenvalue weighted by atomic mass is 16.2. The number of carbonyl (C=O) groups excluding carboxylic acids is 1. The highest BCUT2D eigenvalue weighted by Gasteiger charge is 2.41.